The van der Waals surface area contributed by atoms with Crippen LogP contribution in [0.1, 0.15) is 17.5 Å². The molecule has 0 spiro atoms. The Morgan fingerprint density at radius 2 is 1.66 bits per heavy atom. The molecule has 162 valence electrons. The highest BCUT2D eigenvalue weighted by molar-refractivity contribution is 6.06. The second-order valence-electron chi connectivity index (χ2n) is 8.50. The van der Waals surface area contributed by atoms with Crippen LogP contribution in [-0.4, -0.2) is 35.6 Å². The highest BCUT2D eigenvalue weighted by Gasteiger charge is 2.59. The van der Waals surface area contributed by atoms with Gasteiger partial charge >= 0.3 is 0 Å². The third-order valence-corrected chi connectivity index (χ3v) is 6.35. The number of carbonyl (C=O) groups is 3. The Balaban J connectivity index is 1.15. The van der Waals surface area contributed by atoms with Gasteiger partial charge in [0.2, 0.25) is 0 Å². The van der Waals surface area contributed by atoms with Crippen molar-refractivity contribution < 1.29 is 19.1 Å². The first-order chi connectivity index (χ1) is 15.5. The van der Waals surface area contributed by atoms with E-state index >= 15 is 0 Å². The Morgan fingerprint density at radius 3 is 2.28 bits per heavy atom. The lowest BCUT2D eigenvalue weighted by Crippen LogP contribution is -2.28. The van der Waals surface area contributed by atoms with Crippen LogP contribution in [0.25, 0.3) is 0 Å². The van der Waals surface area contributed by atoms with Gasteiger partial charge in [0.25, 0.3) is 17.7 Å². The van der Waals surface area contributed by atoms with Crippen molar-refractivity contribution in [2.75, 3.05) is 11.9 Å². The first-order valence-corrected chi connectivity index (χ1v) is 10.7. The molecule has 0 unspecified atom stereocenters. The van der Waals surface area contributed by atoms with Crippen molar-refractivity contribution in [2.24, 2.45) is 28.8 Å². The van der Waals surface area contributed by atoms with Gasteiger partial charge in [-0.25, -0.2) is 0 Å². The minimum Gasteiger partial charge on any atom is -0.484 e. The number of imide groups is 1. The molecule has 1 N–H and O–H groups in total. The van der Waals surface area contributed by atoms with Crippen molar-refractivity contribution >= 4 is 29.6 Å². The van der Waals surface area contributed by atoms with Gasteiger partial charge < -0.3 is 10.1 Å². The standard InChI is InChI=1S/C25H23N3O4/c1-15-2-8-19(9-3-15)27-21(29)14-32-20-10-4-16(5-11-20)13-26-28-24(30)22-17-6-7-18(12-17)23(22)25(28)31/h2-11,13,17-18,22-23H,12,14H2,1H3,(H,27,29)/t17-,18-,22-,23+/m0/s1. The topological polar surface area (TPSA) is 88.1 Å². The number of nitrogens with zero attached hydrogens (tertiary/aromatic N) is 2. The monoisotopic (exact) mass is 429 g/mol. The molecule has 2 aromatic carbocycles. The summed E-state index contributed by atoms with van der Waals surface area (Å²) in [6.45, 7) is 1.87. The van der Waals surface area contributed by atoms with Crippen LogP contribution >= 0.6 is 0 Å². The first kappa shape index (κ1) is 20.2. The van der Waals surface area contributed by atoms with E-state index < -0.39 is 0 Å². The normalized spacial score (nSPS) is 25.6. The third kappa shape index (κ3) is 3.70. The van der Waals surface area contributed by atoms with E-state index in [1.54, 1.807) is 24.3 Å². The van der Waals surface area contributed by atoms with E-state index in [0.29, 0.717) is 5.75 Å². The molecule has 0 radical (unpaired) electrons. The zero-order chi connectivity index (χ0) is 22.2. The molecule has 0 aromatic heterocycles. The third-order valence-electron chi connectivity index (χ3n) is 6.35. The van der Waals surface area contributed by atoms with Crippen LogP contribution in [0.3, 0.4) is 0 Å². The zero-order valence-electron chi connectivity index (χ0n) is 17.6. The Kier molecular flexibility index (Phi) is 5.09. The summed E-state index contributed by atoms with van der Waals surface area (Å²) in [6, 6.07) is 14.5. The number of carbonyl (C=O) groups excluding carboxylic acids is 3. The number of amides is 3. The predicted molar refractivity (Wildman–Crippen MR) is 119 cm³/mol. The van der Waals surface area contributed by atoms with Gasteiger partial charge in [0.15, 0.2) is 6.61 Å². The van der Waals surface area contributed by atoms with Crippen molar-refractivity contribution in [1.82, 2.24) is 5.01 Å². The van der Waals surface area contributed by atoms with Gasteiger partial charge in [-0.2, -0.15) is 10.1 Å². The summed E-state index contributed by atoms with van der Waals surface area (Å²) < 4.78 is 5.53. The van der Waals surface area contributed by atoms with Gasteiger partial charge in [0, 0.05) is 5.69 Å². The molecule has 1 saturated carbocycles. The maximum absolute atomic E-state index is 12.7. The van der Waals surface area contributed by atoms with Gasteiger partial charge in [-0.15, -0.1) is 0 Å². The number of hydrogen-bond donors (Lipinski definition) is 1. The molecule has 2 bridgehead atoms. The highest BCUT2D eigenvalue weighted by atomic mass is 16.5. The molecular weight excluding hydrogens is 406 g/mol. The van der Waals surface area contributed by atoms with E-state index in [4.69, 9.17) is 4.74 Å². The Morgan fingerprint density at radius 1 is 1.03 bits per heavy atom. The van der Waals surface area contributed by atoms with Gasteiger partial charge in [-0.1, -0.05) is 29.8 Å². The van der Waals surface area contributed by atoms with E-state index in [9.17, 15) is 14.4 Å². The summed E-state index contributed by atoms with van der Waals surface area (Å²) >= 11 is 0. The fourth-order valence-corrected chi connectivity index (χ4v) is 4.76. The van der Waals surface area contributed by atoms with E-state index in [1.807, 2.05) is 31.2 Å². The Hall–Kier alpha value is -3.74. The number of rotatable bonds is 6. The molecule has 1 aliphatic heterocycles. The van der Waals surface area contributed by atoms with Crippen molar-refractivity contribution in [1.29, 1.82) is 0 Å². The Labute approximate surface area is 185 Å². The summed E-state index contributed by atoms with van der Waals surface area (Å²) in [6.07, 6.45) is 6.52. The van der Waals surface area contributed by atoms with Crippen LogP contribution in [-0.2, 0) is 14.4 Å². The maximum Gasteiger partial charge on any atom is 0.262 e. The SMILES string of the molecule is Cc1ccc(NC(=O)COc2ccc(C=NN3C(=O)[C@@H]4[C@H](C3=O)[C@H]3C=C[C@H]4C3)cc2)cc1. The van der Waals surface area contributed by atoms with Crippen LogP contribution < -0.4 is 10.1 Å². The van der Waals surface area contributed by atoms with E-state index in [0.717, 1.165) is 28.2 Å². The molecule has 3 amide bonds. The molecule has 2 aliphatic carbocycles. The lowest BCUT2D eigenvalue weighted by atomic mass is 9.85. The number of nitrogens with one attached hydrogen (secondary N) is 1. The summed E-state index contributed by atoms with van der Waals surface area (Å²) in [5.41, 5.74) is 2.56. The van der Waals surface area contributed by atoms with E-state index in [2.05, 4.69) is 22.6 Å². The van der Waals surface area contributed by atoms with E-state index in [-0.39, 0.29) is 48.0 Å². The second kappa shape index (κ2) is 8.07. The molecule has 1 saturated heterocycles. The number of anilines is 1. The summed E-state index contributed by atoms with van der Waals surface area (Å²) in [7, 11) is 0. The summed E-state index contributed by atoms with van der Waals surface area (Å²) in [5.74, 6) is -0.290. The average molecular weight is 429 g/mol. The molecule has 4 atom stereocenters. The van der Waals surface area contributed by atoms with Crippen LogP contribution in [0.2, 0.25) is 0 Å². The van der Waals surface area contributed by atoms with Crippen molar-refractivity contribution in [3.05, 3.63) is 71.8 Å². The van der Waals surface area contributed by atoms with Gasteiger partial charge in [-0.3, -0.25) is 14.4 Å². The Bertz CT molecular complexity index is 1090. The summed E-state index contributed by atoms with van der Waals surface area (Å²) in [4.78, 5) is 37.4. The molecule has 7 heteroatoms. The van der Waals surface area contributed by atoms with E-state index in [1.165, 1.54) is 6.21 Å². The molecule has 7 nitrogen and oxygen atoms in total. The van der Waals surface area contributed by atoms with Crippen LogP contribution in [0.15, 0.2) is 65.8 Å². The number of hydrogen-bond acceptors (Lipinski definition) is 5. The van der Waals surface area contributed by atoms with Crippen LogP contribution in [0, 0.1) is 30.6 Å². The molecule has 32 heavy (non-hydrogen) atoms. The maximum atomic E-state index is 12.7. The van der Waals surface area contributed by atoms with Gasteiger partial charge in [0.05, 0.1) is 18.1 Å². The molecule has 2 fully saturated rings. The number of benzene rings is 2. The quantitative estimate of drug-likeness (QED) is 0.434. The molecule has 2 aromatic rings. The highest BCUT2D eigenvalue weighted by Crippen LogP contribution is 2.52. The van der Waals surface area contributed by atoms with Gasteiger partial charge in [0.1, 0.15) is 5.75 Å². The zero-order valence-corrected chi connectivity index (χ0v) is 17.6. The number of hydrazone groups is 1. The van der Waals surface area contributed by atoms with Crippen molar-refractivity contribution in [3.8, 4) is 5.75 Å². The van der Waals surface area contributed by atoms with Crippen LogP contribution in [0.5, 0.6) is 5.75 Å². The number of allylic oxidation sites excluding steroid dienone is 2. The molecular formula is C25H23N3O4. The number of ether oxygens (including phenoxy) is 1. The van der Waals surface area contributed by atoms with Gasteiger partial charge in [-0.05, 0) is 67.1 Å². The average Bonchev–Trinajstić information content (AvgIpc) is 3.47. The lowest BCUT2D eigenvalue weighted by molar-refractivity contribution is -0.140. The van der Waals surface area contributed by atoms with Crippen molar-refractivity contribution in [2.45, 2.75) is 13.3 Å². The fraction of sp³-hybridized carbons (Fsp3) is 0.280. The minimum atomic E-state index is -0.253. The molecule has 1 heterocycles. The lowest BCUT2D eigenvalue weighted by Gasteiger charge is -2.13. The predicted octanol–water partition coefficient (Wildman–Crippen LogP) is 3.15. The second-order valence-corrected chi connectivity index (χ2v) is 8.50. The minimum absolute atomic E-state index is 0.114. The van der Waals surface area contributed by atoms with Crippen molar-refractivity contribution in [3.63, 3.8) is 0 Å². The molecule has 3 aliphatic rings. The first-order valence-electron chi connectivity index (χ1n) is 10.7. The number of fused-ring (bicyclic) bond motifs is 5. The number of aryl methyl sites for hydroxylation is 1. The summed E-state index contributed by atoms with van der Waals surface area (Å²) in [5, 5.41) is 7.98. The van der Waals surface area contributed by atoms with Crippen LogP contribution in [0.4, 0.5) is 5.69 Å². The smallest absolute Gasteiger partial charge is 0.262 e. The molecule has 5 rings (SSSR count). The largest absolute Gasteiger partial charge is 0.484 e. The fourth-order valence-electron chi connectivity index (χ4n) is 4.76.